The summed E-state index contributed by atoms with van der Waals surface area (Å²) in [6.45, 7) is 0. The van der Waals surface area contributed by atoms with E-state index in [1.807, 2.05) is 6.07 Å². The van der Waals surface area contributed by atoms with Gasteiger partial charge in [0.2, 0.25) is 5.95 Å². The Bertz CT molecular complexity index is 1110. The highest BCUT2D eigenvalue weighted by atomic mass is 32.2. The molecule has 0 bridgehead atoms. The molecule has 0 radical (unpaired) electrons. The Balaban J connectivity index is 1.81. The van der Waals surface area contributed by atoms with Crippen molar-refractivity contribution in [2.24, 2.45) is 0 Å². The molecule has 3 aromatic rings. The maximum absolute atomic E-state index is 13.3. The van der Waals surface area contributed by atoms with Gasteiger partial charge in [-0.15, -0.1) is 0 Å². The lowest BCUT2D eigenvalue weighted by atomic mass is 10.2. The molecule has 1 aromatic heterocycles. The maximum atomic E-state index is 13.3. The van der Waals surface area contributed by atoms with Gasteiger partial charge in [0, 0.05) is 18.0 Å². The number of nitriles is 1. The molecule has 7 nitrogen and oxygen atoms in total. The van der Waals surface area contributed by atoms with Gasteiger partial charge in [-0.2, -0.15) is 10.2 Å². The second-order valence-corrected chi connectivity index (χ2v) is 6.97. The van der Waals surface area contributed by atoms with Crippen molar-refractivity contribution in [3.63, 3.8) is 0 Å². The molecule has 0 spiro atoms. The van der Waals surface area contributed by atoms with Crippen LogP contribution in [0.3, 0.4) is 0 Å². The highest BCUT2D eigenvalue weighted by molar-refractivity contribution is 7.92. The number of halogens is 2. The molecule has 2 N–H and O–H groups in total. The van der Waals surface area contributed by atoms with Gasteiger partial charge in [0.25, 0.3) is 10.0 Å². The Morgan fingerprint density at radius 3 is 2.30 bits per heavy atom. The lowest BCUT2D eigenvalue weighted by molar-refractivity contribution is 0.568. The highest BCUT2D eigenvalue weighted by Crippen LogP contribution is 2.19. The van der Waals surface area contributed by atoms with E-state index in [9.17, 15) is 17.2 Å². The average Bonchev–Trinajstić information content (AvgIpc) is 2.61. The molecule has 10 heteroatoms. The van der Waals surface area contributed by atoms with Crippen LogP contribution in [0.25, 0.3) is 0 Å². The third-order valence-electron chi connectivity index (χ3n) is 3.31. The molecule has 0 aliphatic carbocycles. The molecule has 27 heavy (non-hydrogen) atoms. The monoisotopic (exact) mass is 387 g/mol. The van der Waals surface area contributed by atoms with Crippen LogP contribution in [-0.4, -0.2) is 18.4 Å². The van der Waals surface area contributed by atoms with Crippen LogP contribution >= 0.6 is 0 Å². The number of sulfonamides is 1. The van der Waals surface area contributed by atoms with Crippen LogP contribution in [0.15, 0.2) is 59.6 Å². The highest BCUT2D eigenvalue weighted by Gasteiger charge is 2.17. The molecule has 136 valence electrons. The Labute approximate surface area is 153 Å². The van der Waals surface area contributed by atoms with E-state index in [2.05, 4.69) is 20.0 Å². The lowest BCUT2D eigenvalue weighted by Gasteiger charge is -2.09. The van der Waals surface area contributed by atoms with Crippen LogP contribution in [0.5, 0.6) is 0 Å². The van der Waals surface area contributed by atoms with Gasteiger partial charge in [0.1, 0.15) is 17.5 Å². The van der Waals surface area contributed by atoms with E-state index >= 15 is 0 Å². The number of hydrogen-bond acceptors (Lipinski definition) is 6. The van der Waals surface area contributed by atoms with E-state index in [4.69, 9.17) is 5.26 Å². The Hall–Kier alpha value is -3.58. The summed E-state index contributed by atoms with van der Waals surface area (Å²) in [5.74, 6) is -2.03. The number of aromatic nitrogens is 2. The number of hydrogen-bond donors (Lipinski definition) is 2. The van der Waals surface area contributed by atoms with E-state index in [0.29, 0.717) is 29.4 Å². The van der Waals surface area contributed by atoms with Crippen molar-refractivity contribution in [3.05, 3.63) is 71.9 Å². The minimum Gasteiger partial charge on any atom is -0.324 e. The molecular weight excluding hydrogens is 376 g/mol. The molecule has 0 aliphatic rings. The molecule has 0 amide bonds. The van der Waals surface area contributed by atoms with E-state index in [1.165, 1.54) is 12.3 Å². The molecule has 0 unspecified atom stereocenters. The zero-order valence-corrected chi connectivity index (χ0v) is 14.3. The fraction of sp³-hybridized carbons (Fsp3) is 0. The van der Waals surface area contributed by atoms with Crippen molar-refractivity contribution < 1.29 is 17.2 Å². The van der Waals surface area contributed by atoms with E-state index in [1.54, 1.807) is 24.3 Å². The summed E-state index contributed by atoms with van der Waals surface area (Å²) in [6.07, 6.45) is 1.31. The number of anilines is 3. The SMILES string of the molecule is N#Cc1ccc(Nc2nccc(NS(=O)(=O)c3cc(F)cc(F)c3)n2)cc1. The molecular formula is C17H11F2N5O2S. The van der Waals surface area contributed by atoms with Crippen molar-refractivity contribution in [2.75, 3.05) is 10.0 Å². The zero-order chi connectivity index (χ0) is 19.4. The second kappa shape index (κ2) is 7.35. The fourth-order valence-electron chi connectivity index (χ4n) is 2.11. The maximum Gasteiger partial charge on any atom is 0.263 e. The third-order valence-corrected chi connectivity index (χ3v) is 4.65. The summed E-state index contributed by atoms with van der Waals surface area (Å²) in [6, 6.07) is 11.7. The van der Waals surface area contributed by atoms with Crippen LogP contribution in [0.2, 0.25) is 0 Å². The summed E-state index contributed by atoms with van der Waals surface area (Å²) in [5, 5.41) is 11.6. The summed E-state index contributed by atoms with van der Waals surface area (Å²) >= 11 is 0. The van der Waals surface area contributed by atoms with Crippen LogP contribution in [-0.2, 0) is 10.0 Å². The van der Waals surface area contributed by atoms with Crippen molar-refractivity contribution in [2.45, 2.75) is 4.90 Å². The van der Waals surface area contributed by atoms with Gasteiger partial charge in [-0.25, -0.2) is 22.2 Å². The summed E-state index contributed by atoms with van der Waals surface area (Å²) in [5.41, 5.74) is 1.06. The smallest absolute Gasteiger partial charge is 0.263 e. The number of benzene rings is 2. The van der Waals surface area contributed by atoms with Crippen LogP contribution in [0.4, 0.5) is 26.2 Å². The fourth-order valence-corrected chi connectivity index (χ4v) is 3.16. The van der Waals surface area contributed by atoms with Crippen LogP contribution in [0.1, 0.15) is 5.56 Å². The van der Waals surface area contributed by atoms with Gasteiger partial charge >= 0.3 is 0 Å². The van der Waals surface area contributed by atoms with Crippen molar-refractivity contribution in [1.29, 1.82) is 5.26 Å². The zero-order valence-electron chi connectivity index (χ0n) is 13.5. The molecule has 0 atom stereocenters. The number of nitrogens with zero attached hydrogens (tertiary/aromatic N) is 3. The normalized spacial score (nSPS) is 10.9. The molecule has 2 aromatic carbocycles. The number of nitrogens with one attached hydrogen (secondary N) is 2. The quantitative estimate of drug-likeness (QED) is 0.696. The molecule has 0 saturated carbocycles. The lowest BCUT2D eigenvalue weighted by Crippen LogP contribution is -2.15. The Morgan fingerprint density at radius 2 is 1.67 bits per heavy atom. The van der Waals surface area contributed by atoms with Gasteiger partial charge < -0.3 is 5.32 Å². The van der Waals surface area contributed by atoms with Crippen molar-refractivity contribution >= 4 is 27.5 Å². The van der Waals surface area contributed by atoms with Crippen LogP contribution in [0, 0.1) is 23.0 Å². The first kappa shape index (κ1) is 18.2. The molecule has 0 saturated heterocycles. The van der Waals surface area contributed by atoms with Crippen molar-refractivity contribution in [3.8, 4) is 6.07 Å². The first-order valence-electron chi connectivity index (χ1n) is 7.45. The van der Waals surface area contributed by atoms with Gasteiger partial charge in [0.15, 0.2) is 0 Å². The minimum atomic E-state index is -4.24. The predicted octanol–water partition coefficient (Wildman–Crippen LogP) is 3.17. The average molecular weight is 387 g/mol. The topological polar surface area (TPSA) is 108 Å². The molecule has 0 aliphatic heterocycles. The van der Waals surface area contributed by atoms with Crippen molar-refractivity contribution in [1.82, 2.24) is 9.97 Å². The third kappa shape index (κ3) is 4.53. The first-order valence-corrected chi connectivity index (χ1v) is 8.93. The largest absolute Gasteiger partial charge is 0.324 e. The number of rotatable bonds is 5. The minimum absolute atomic E-state index is 0.0883. The molecule has 3 rings (SSSR count). The Kier molecular flexibility index (Phi) is 4.96. The van der Waals surface area contributed by atoms with Gasteiger partial charge in [0.05, 0.1) is 16.5 Å². The summed E-state index contributed by atoms with van der Waals surface area (Å²) in [4.78, 5) is 7.40. The van der Waals surface area contributed by atoms with Gasteiger partial charge in [-0.3, -0.25) is 4.72 Å². The van der Waals surface area contributed by atoms with E-state index in [-0.39, 0.29) is 11.8 Å². The van der Waals surface area contributed by atoms with E-state index < -0.39 is 26.6 Å². The van der Waals surface area contributed by atoms with Gasteiger partial charge in [-0.1, -0.05) is 0 Å². The van der Waals surface area contributed by atoms with Crippen LogP contribution < -0.4 is 10.0 Å². The summed E-state index contributed by atoms with van der Waals surface area (Å²) < 4.78 is 53.3. The summed E-state index contributed by atoms with van der Waals surface area (Å²) in [7, 11) is -4.24. The second-order valence-electron chi connectivity index (χ2n) is 5.29. The molecule has 1 heterocycles. The van der Waals surface area contributed by atoms with E-state index in [0.717, 1.165) is 0 Å². The Morgan fingerprint density at radius 1 is 1.00 bits per heavy atom. The van der Waals surface area contributed by atoms with Gasteiger partial charge in [-0.05, 0) is 42.5 Å². The standard InChI is InChI=1S/C17H11F2N5O2S/c18-12-7-13(19)9-15(8-12)27(25,26)24-16-5-6-21-17(23-16)22-14-3-1-11(10-20)2-4-14/h1-9H,(H2,21,22,23,24). The first-order chi connectivity index (χ1) is 12.9. The predicted molar refractivity (Wildman–Crippen MR) is 93.6 cm³/mol. The molecule has 0 fully saturated rings.